The van der Waals surface area contributed by atoms with Crippen LogP contribution in [0, 0.1) is 0 Å². The summed E-state index contributed by atoms with van der Waals surface area (Å²) >= 11 is 6.38. The molecular formula is C27H27ClN2O2. The minimum absolute atomic E-state index is 0.107. The van der Waals surface area contributed by atoms with Gasteiger partial charge in [-0.25, -0.2) is 0 Å². The average Bonchev–Trinajstić information content (AvgIpc) is 2.84. The van der Waals surface area contributed by atoms with Crippen LogP contribution in [0.5, 0.6) is 0 Å². The SMILES string of the molecule is O=C(CN1CCOC(c2ccccc2Cl)C1)N1Cc2ccccc2C(c2ccccc2)C1. The second-order valence-corrected chi connectivity index (χ2v) is 8.96. The number of carbonyl (C=O) groups excluding carboxylic acids is 1. The maximum atomic E-state index is 13.4. The number of amides is 1. The lowest BCUT2D eigenvalue weighted by atomic mass is 9.84. The lowest BCUT2D eigenvalue weighted by Gasteiger charge is -2.38. The fourth-order valence-electron chi connectivity index (χ4n) is 4.83. The zero-order valence-electron chi connectivity index (χ0n) is 18.0. The van der Waals surface area contributed by atoms with Gasteiger partial charge in [0.1, 0.15) is 0 Å². The molecule has 0 bridgehead atoms. The van der Waals surface area contributed by atoms with Gasteiger partial charge in [-0.2, -0.15) is 0 Å². The quantitative estimate of drug-likeness (QED) is 0.572. The first-order valence-electron chi connectivity index (χ1n) is 11.2. The normalized spacial score (nSPS) is 21.2. The summed E-state index contributed by atoms with van der Waals surface area (Å²) in [4.78, 5) is 17.6. The Kier molecular flexibility index (Phi) is 6.26. The second kappa shape index (κ2) is 9.45. The van der Waals surface area contributed by atoms with Gasteiger partial charge in [0, 0.05) is 42.7 Å². The van der Waals surface area contributed by atoms with Gasteiger partial charge < -0.3 is 9.64 Å². The summed E-state index contributed by atoms with van der Waals surface area (Å²) in [5, 5.41) is 0.712. The monoisotopic (exact) mass is 446 g/mol. The Hall–Kier alpha value is -2.66. The summed E-state index contributed by atoms with van der Waals surface area (Å²) in [7, 11) is 0. The molecule has 1 fully saturated rings. The van der Waals surface area contributed by atoms with Crippen LogP contribution < -0.4 is 0 Å². The van der Waals surface area contributed by atoms with Gasteiger partial charge in [0.15, 0.2) is 0 Å². The van der Waals surface area contributed by atoms with Gasteiger partial charge in [0.05, 0.1) is 19.3 Å². The van der Waals surface area contributed by atoms with Crippen LogP contribution in [-0.4, -0.2) is 48.5 Å². The van der Waals surface area contributed by atoms with E-state index in [1.807, 2.05) is 35.2 Å². The molecule has 32 heavy (non-hydrogen) atoms. The van der Waals surface area contributed by atoms with Crippen LogP contribution in [0.2, 0.25) is 5.02 Å². The Morgan fingerprint density at radius 3 is 2.44 bits per heavy atom. The molecular weight excluding hydrogens is 420 g/mol. The maximum absolute atomic E-state index is 13.4. The smallest absolute Gasteiger partial charge is 0.237 e. The van der Waals surface area contributed by atoms with Crippen LogP contribution in [0.15, 0.2) is 78.9 Å². The van der Waals surface area contributed by atoms with Gasteiger partial charge in [-0.1, -0.05) is 84.4 Å². The number of hydrogen-bond acceptors (Lipinski definition) is 3. The van der Waals surface area contributed by atoms with Crippen molar-refractivity contribution in [2.24, 2.45) is 0 Å². The molecule has 3 aromatic carbocycles. The fraction of sp³-hybridized carbons (Fsp3) is 0.296. The lowest BCUT2D eigenvalue weighted by molar-refractivity contribution is -0.135. The third kappa shape index (κ3) is 4.44. The number of morpholine rings is 1. The summed E-state index contributed by atoms with van der Waals surface area (Å²) in [5.41, 5.74) is 4.80. The van der Waals surface area contributed by atoms with E-state index in [1.54, 1.807) is 0 Å². The van der Waals surface area contributed by atoms with Gasteiger partial charge in [-0.3, -0.25) is 9.69 Å². The van der Waals surface area contributed by atoms with Crippen molar-refractivity contribution in [1.82, 2.24) is 9.80 Å². The zero-order valence-corrected chi connectivity index (χ0v) is 18.7. The van der Waals surface area contributed by atoms with Gasteiger partial charge in [0.2, 0.25) is 5.91 Å². The van der Waals surface area contributed by atoms with E-state index in [-0.39, 0.29) is 17.9 Å². The molecule has 5 heteroatoms. The van der Waals surface area contributed by atoms with Crippen molar-refractivity contribution in [3.63, 3.8) is 0 Å². The Morgan fingerprint density at radius 2 is 1.62 bits per heavy atom. The van der Waals surface area contributed by atoms with E-state index in [0.717, 1.165) is 12.1 Å². The van der Waals surface area contributed by atoms with Crippen LogP contribution >= 0.6 is 11.6 Å². The molecule has 2 aliphatic heterocycles. The Morgan fingerprint density at radius 1 is 0.906 bits per heavy atom. The molecule has 2 unspecified atom stereocenters. The molecule has 0 spiro atoms. The Labute approximate surface area is 194 Å². The van der Waals surface area contributed by atoms with Crippen LogP contribution in [0.3, 0.4) is 0 Å². The number of rotatable bonds is 4. The molecule has 4 nitrogen and oxygen atoms in total. The van der Waals surface area contributed by atoms with Crippen molar-refractivity contribution in [1.29, 1.82) is 0 Å². The van der Waals surface area contributed by atoms with E-state index >= 15 is 0 Å². The predicted molar refractivity (Wildman–Crippen MR) is 127 cm³/mol. The minimum atomic E-state index is -0.107. The predicted octanol–water partition coefficient (Wildman–Crippen LogP) is 4.89. The molecule has 1 amide bonds. The van der Waals surface area contributed by atoms with Crippen LogP contribution in [0.4, 0.5) is 0 Å². The number of hydrogen-bond donors (Lipinski definition) is 0. The molecule has 0 N–H and O–H groups in total. The Bertz CT molecular complexity index is 1090. The van der Waals surface area contributed by atoms with Gasteiger partial charge in [-0.15, -0.1) is 0 Å². The highest BCUT2D eigenvalue weighted by atomic mass is 35.5. The standard InChI is InChI=1S/C27H27ClN2O2/c28-25-13-7-6-12-23(25)26-18-29(14-15-32-26)19-27(31)30-16-21-10-4-5-11-22(21)24(17-30)20-8-2-1-3-9-20/h1-13,24,26H,14-19H2. The molecule has 2 heterocycles. The van der Waals surface area contributed by atoms with E-state index in [0.29, 0.717) is 37.8 Å². The molecule has 0 radical (unpaired) electrons. The highest BCUT2D eigenvalue weighted by Crippen LogP contribution is 2.34. The molecule has 164 valence electrons. The van der Waals surface area contributed by atoms with Crippen molar-refractivity contribution in [3.8, 4) is 0 Å². The lowest BCUT2D eigenvalue weighted by Crippen LogP contribution is -2.47. The molecule has 2 aliphatic rings. The highest BCUT2D eigenvalue weighted by Gasteiger charge is 2.31. The topological polar surface area (TPSA) is 32.8 Å². The van der Waals surface area contributed by atoms with E-state index in [9.17, 15) is 4.79 Å². The largest absolute Gasteiger partial charge is 0.371 e. The van der Waals surface area contributed by atoms with Crippen molar-refractivity contribution in [2.45, 2.75) is 18.6 Å². The third-order valence-corrected chi connectivity index (χ3v) is 6.86. The van der Waals surface area contributed by atoms with E-state index in [2.05, 4.69) is 53.4 Å². The summed E-state index contributed by atoms with van der Waals surface area (Å²) in [6, 6.07) is 26.8. The second-order valence-electron chi connectivity index (χ2n) is 8.55. The van der Waals surface area contributed by atoms with Gasteiger partial charge >= 0.3 is 0 Å². The zero-order chi connectivity index (χ0) is 21.9. The van der Waals surface area contributed by atoms with E-state index < -0.39 is 0 Å². The molecule has 2 atom stereocenters. The minimum Gasteiger partial charge on any atom is -0.371 e. The first-order valence-corrected chi connectivity index (χ1v) is 11.6. The molecule has 0 aliphatic carbocycles. The first kappa shape index (κ1) is 21.2. The molecule has 5 rings (SSSR count). The summed E-state index contributed by atoms with van der Waals surface area (Å²) in [5.74, 6) is 0.367. The number of ether oxygens (including phenoxy) is 1. The number of benzene rings is 3. The van der Waals surface area contributed by atoms with Gasteiger partial charge in [-0.05, 0) is 22.8 Å². The third-order valence-electron chi connectivity index (χ3n) is 6.51. The van der Waals surface area contributed by atoms with Crippen molar-refractivity contribution >= 4 is 17.5 Å². The van der Waals surface area contributed by atoms with Crippen LogP contribution in [0.25, 0.3) is 0 Å². The molecule has 3 aromatic rings. The van der Waals surface area contributed by atoms with Crippen molar-refractivity contribution < 1.29 is 9.53 Å². The van der Waals surface area contributed by atoms with Crippen LogP contribution in [0.1, 0.15) is 34.3 Å². The van der Waals surface area contributed by atoms with E-state index in [4.69, 9.17) is 16.3 Å². The molecule has 1 saturated heterocycles. The van der Waals surface area contributed by atoms with Crippen LogP contribution in [-0.2, 0) is 16.1 Å². The highest BCUT2D eigenvalue weighted by molar-refractivity contribution is 6.31. The molecule has 0 aromatic heterocycles. The Balaban J connectivity index is 1.31. The average molecular weight is 447 g/mol. The molecule has 0 saturated carbocycles. The summed E-state index contributed by atoms with van der Waals surface area (Å²) in [6.45, 7) is 3.78. The fourth-order valence-corrected chi connectivity index (χ4v) is 5.09. The number of nitrogens with zero attached hydrogens (tertiary/aromatic N) is 2. The number of fused-ring (bicyclic) bond motifs is 1. The van der Waals surface area contributed by atoms with Gasteiger partial charge in [0.25, 0.3) is 0 Å². The van der Waals surface area contributed by atoms with Crippen molar-refractivity contribution in [3.05, 3.63) is 106 Å². The summed E-state index contributed by atoms with van der Waals surface area (Å²) < 4.78 is 5.97. The first-order chi connectivity index (χ1) is 15.7. The number of carbonyl (C=O) groups is 1. The maximum Gasteiger partial charge on any atom is 0.237 e. The number of halogens is 1. The summed E-state index contributed by atoms with van der Waals surface area (Å²) in [6.07, 6.45) is -0.107. The van der Waals surface area contributed by atoms with Crippen molar-refractivity contribution in [2.75, 3.05) is 32.8 Å². The van der Waals surface area contributed by atoms with E-state index in [1.165, 1.54) is 16.7 Å².